The van der Waals surface area contributed by atoms with Crippen LogP contribution in [0.4, 0.5) is 0 Å². The minimum Gasteiger partial charge on any atom is -0.300 e. The highest BCUT2D eigenvalue weighted by molar-refractivity contribution is 5.33. The van der Waals surface area contributed by atoms with Gasteiger partial charge in [0.2, 0.25) is 0 Å². The smallest absolute Gasteiger partial charge is 0.0102 e. The van der Waals surface area contributed by atoms with Gasteiger partial charge in [0, 0.05) is 6.04 Å². The molecule has 3 rings (SSSR count). The third-order valence-corrected chi connectivity index (χ3v) is 4.83. The first-order chi connectivity index (χ1) is 8.86. The van der Waals surface area contributed by atoms with Crippen LogP contribution in [0.5, 0.6) is 0 Å². The number of benzene rings is 1. The quantitative estimate of drug-likeness (QED) is 0.718. The molecule has 0 aromatic heterocycles. The first kappa shape index (κ1) is 12.2. The summed E-state index contributed by atoms with van der Waals surface area (Å²) in [5.74, 6) is 0. The van der Waals surface area contributed by atoms with Crippen molar-refractivity contribution in [2.45, 2.75) is 57.9 Å². The fourth-order valence-electron chi connectivity index (χ4n) is 3.64. The molecule has 1 fully saturated rings. The second kappa shape index (κ2) is 5.44. The number of likely N-dealkylation sites (tertiary alicyclic amines) is 1. The topological polar surface area (TPSA) is 3.24 Å². The van der Waals surface area contributed by atoms with E-state index in [0.717, 1.165) is 6.04 Å². The third kappa shape index (κ3) is 2.47. The van der Waals surface area contributed by atoms with Crippen LogP contribution in [0.1, 0.15) is 49.3 Å². The van der Waals surface area contributed by atoms with Gasteiger partial charge in [-0.2, -0.15) is 0 Å². The summed E-state index contributed by atoms with van der Waals surface area (Å²) in [4.78, 5) is 2.74. The summed E-state index contributed by atoms with van der Waals surface area (Å²) in [7, 11) is 0. The number of aryl methyl sites for hydroxylation is 3. The molecule has 0 amide bonds. The van der Waals surface area contributed by atoms with E-state index in [2.05, 4.69) is 30.0 Å². The molecule has 1 unspecified atom stereocenters. The van der Waals surface area contributed by atoms with E-state index in [0.29, 0.717) is 0 Å². The second-order valence-corrected chi connectivity index (χ2v) is 5.93. The molecular formula is C17H25N. The van der Waals surface area contributed by atoms with Gasteiger partial charge < -0.3 is 4.90 Å². The molecule has 1 aromatic carbocycles. The zero-order chi connectivity index (χ0) is 12.4. The van der Waals surface area contributed by atoms with Gasteiger partial charge in [0.15, 0.2) is 0 Å². The van der Waals surface area contributed by atoms with E-state index >= 15 is 0 Å². The molecule has 1 aliphatic heterocycles. The molecule has 98 valence electrons. The maximum Gasteiger partial charge on any atom is 0.0102 e. The third-order valence-electron chi connectivity index (χ3n) is 4.83. The highest BCUT2D eigenvalue weighted by Crippen LogP contribution is 2.26. The normalized spacial score (nSPS) is 24.8. The lowest BCUT2D eigenvalue weighted by Crippen LogP contribution is -2.32. The number of fused-ring (bicyclic) bond motifs is 1. The Morgan fingerprint density at radius 3 is 2.50 bits per heavy atom. The van der Waals surface area contributed by atoms with Gasteiger partial charge in [-0.05, 0) is 74.7 Å². The van der Waals surface area contributed by atoms with Gasteiger partial charge in [0.1, 0.15) is 0 Å². The summed E-state index contributed by atoms with van der Waals surface area (Å²) in [5.41, 5.74) is 4.76. The van der Waals surface area contributed by atoms with Crippen molar-refractivity contribution in [1.29, 1.82) is 0 Å². The van der Waals surface area contributed by atoms with Gasteiger partial charge in [-0.15, -0.1) is 0 Å². The van der Waals surface area contributed by atoms with Gasteiger partial charge >= 0.3 is 0 Å². The zero-order valence-electron chi connectivity index (χ0n) is 11.6. The Hall–Kier alpha value is -0.820. The van der Waals surface area contributed by atoms with E-state index < -0.39 is 0 Å². The van der Waals surface area contributed by atoms with Crippen molar-refractivity contribution in [2.75, 3.05) is 13.1 Å². The summed E-state index contributed by atoms with van der Waals surface area (Å²) in [6.45, 7) is 4.95. The number of hydrogen-bond donors (Lipinski definition) is 0. The van der Waals surface area contributed by atoms with Gasteiger partial charge in [0.05, 0.1) is 0 Å². The zero-order valence-corrected chi connectivity index (χ0v) is 11.6. The van der Waals surface area contributed by atoms with Crippen LogP contribution in [0.3, 0.4) is 0 Å². The van der Waals surface area contributed by atoms with Gasteiger partial charge in [0.25, 0.3) is 0 Å². The monoisotopic (exact) mass is 243 g/mol. The lowest BCUT2D eigenvalue weighted by molar-refractivity contribution is 0.222. The van der Waals surface area contributed by atoms with Crippen LogP contribution in [-0.2, 0) is 19.3 Å². The van der Waals surface area contributed by atoms with Crippen LogP contribution in [0.25, 0.3) is 0 Å². The van der Waals surface area contributed by atoms with E-state index in [1.54, 1.807) is 11.1 Å². The molecule has 1 aromatic rings. The van der Waals surface area contributed by atoms with E-state index in [9.17, 15) is 0 Å². The highest BCUT2D eigenvalue weighted by atomic mass is 15.2. The minimum absolute atomic E-state index is 0.852. The molecule has 0 N–H and O–H groups in total. The molecule has 1 aliphatic carbocycles. The molecule has 1 atom stereocenters. The van der Waals surface area contributed by atoms with E-state index in [1.165, 1.54) is 63.6 Å². The average molecular weight is 243 g/mol. The molecule has 0 radical (unpaired) electrons. The van der Waals surface area contributed by atoms with Crippen molar-refractivity contribution in [3.05, 3.63) is 34.9 Å². The fraction of sp³-hybridized carbons (Fsp3) is 0.647. The van der Waals surface area contributed by atoms with Crippen molar-refractivity contribution in [3.63, 3.8) is 0 Å². The first-order valence-electron chi connectivity index (χ1n) is 7.71. The van der Waals surface area contributed by atoms with Crippen LogP contribution in [0.15, 0.2) is 18.2 Å². The first-order valence-corrected chi connectivity index (χ1v) is 7.71. The van der Waals surface area contributed by atoms with Crippen molar-refractivity contribution in [3.8, 4) is 0 Å². The predicted molar refractivity (Wildman–Crippen MR) is 77.1 cm³/mol. The van der Waals surface area contributed by atoms with Crippen molar-refractivity contribution >= 4 is 0 Å². The lowest BCUT2D eigenvalue weighted by atomic mass is 9.99. The summed E-state index contributed by atoms with van der Waals surface area (Å²) in [6, 6.07) is 8.03. The standard InChI is InChI=1S/C17H25N/c1-2-14-5-6-15-7-9-17(10-8-16(15)13-14)18-11-3-4-12-18/h5-6,13,17H,2-4,7-12H2,1H3. The lowest BCUT2D eigenvalue weighted by Gasteiger charge is -2.25. The summed E-state index contributed by atoms with van der Waals surface area (Å²) in [6.07, 6.45) is 9.35. The van der Waals surface area contributed by atoms with E-state index in [1.807, 2.05) is 0 Å². The predicted octanol–water partition coefficient (Wildman–Crippen LogP) is 3.59. The van der Waals surface area contributed by atoms with Gasteiger partial charge in [-0.25, -0.2) is 0 Å². The molecule has 0 bridgehead atoms. The maximum absolute atomic E-state index is 2.74. The Bertz CT molecular complexity index is 404. The molecule has 1 heteroatoms. The molecule has 18 heavy (non-hydrogen) atoms. The second-order valence-electron chi connectivity index (χ2n) is 5.93. The van der Waals surface area contributed by atoms with Crippen LogP contribution in [0, 0.1) is 0 Å². The van der Waals surface area contributed by atoms with Crippen LogP contribution < -0.4 is 0 Å². The van der Waals surface area contributed by atoms with Gasteiger partial charge in [-0.3, -0.25) is 0 Å². The molecule has 2 aliphatic rings. The number of hydrogen-bond acceptors (Lipinski definition) is 1. The Morgan fingerprint density at radius 1 is 1.06 bits per heavy atom. The van der Waals surface area contributed by atoms with Crippen LogP contribution in [-0.4, -0.2) is 24.0 Å². The van der Waals surface area contributed by atoms with Crippen molar-refractivity contribution < 1.29 is 0 Å². The number of rotatable bonds is 2. The van der Waals surface area contributed by atoms with Crippen LogP contribution in [0.2, 0.25) is 0 Å². The molecule has 0 saturated carbocycles. The Morgan fingerprint density at radius 2 is 1.78 bits per heavy atom. The van der Waals surface area contributed by atoms with Crippen molar-refractivity contribution in [1.82, 2.24) is 4.90 Å². The molecule has 1 saturated heterocycles. The largest absolute Gasteiger partial charge is 0.300 e. The molecular weight excluding hydrogens is 218 g/mol. The maximum atomic E-state index is 2.74. The van der Waals surface area contributed by atoms with E-state index in [4.69, 9.17) is 0 Å². The fourth-order valence-corrected chi connectivity index (χ4v) is 3.64. The summed E-state index contributed by atoms with van der Waals surface area (Å²) >= 11 is 0. The SMILES string of the molecule is CCc1ccc2c(c1)CCC(N1CCCC1)CC2. The summed E-state index contributed by atoms with van der Waals surface area (Å²) in [5, 5.41) is 0. The minimum atomic E-state index is 0.852. The molecule has 0 spiro atoms. The molecule has 1 nitrogen and oxygen atoms in total. The average Bonchev–Trinajstić information content (AvgIpc) is 2.85. The van der Waals surface area contributed by atoms with Crippen LogP contribution >= 0.6 is 0 Å². The Balaban J connectivity index is 1.73. The van der Waals surface area contributed by atoms with Gasteiger partial charge in [-0.1, -0.05) is 25.1 Å². The number of nitrogens with zero attached hydrogens (tertiary/aromatic N) is 1. The van der Waals surface area contributed by atoms with E-state index in [-0.39, 0.29) is 0 Å². The Labute approximate surface area is 111 Å². The van der Waals surface area contributed by atoms with Crippen molar-refractivity contribution in [2.24, 2.45) is 0 Å². The molecule has 1 heterocycles. The highest BCUT2D eigenvalue weighted by Gasteiger charge is 2.24. The summed E-state index contributed by atoms with van der Waals surface area (Å²) < 4.78 is 0. The Kier molecular flexibility index (Phi) is 3.69.